The van der Waals surface area contributed by atoms with Crippen LogP contribution in [0.25, 0.3) is 0 Å². The van der Waals surface area contributed by atoms with Crippen LogP contribution < -0.4 is 5.32 Å². The van der Waals surface area contributed by atoms with Crippen LogP contribution in [0.3, 0.4) is 0 Å². The van der Waals surface area contributed by atoms with E-state index in [1.807, 2.05) is 0 Å². The van der Waals surface area contributed by atoms with Gasteiger partial charge in [-0.05, 0) is 19.8 Å². The highest BCUT2D eigenvalue weighted by atomic mass is 19.4. The Kier molecular flexibility index (Phi) is 7.83. The fourth-order valence-corrected chi connectivity index (χ4v) is 2.62. The number of esters is 1. The molecule has 1 N–H and O–H groups in total. The molecule has 11 heteroatoms. The van der Waals surface area contributed by atoms with E-state index in [1.165, 1.54) is 12.4 Å². The molecule has 0 aromatic rings. The van der Waals surface area contributed by atoms with E-state index in [2.05, 4.69) is 0 Å². The van der Waals surface area contributed by atoms with Crippen LogP contribution in [0.2, 0.25) is 0 Å². The Labute approximate surface area is 160 Å². The highest BCUT2D eigenvalue weighted by Crippen LogP contribution is 2.30. The molecule has 0 aromatic heterocycles. The number of ketones is 1. The summed E-state index contributed by atoms with van der Waals surface area (Å²) >= 11 is 0. The SMILES string of the molecule is CC(C)C(OC(=O)CNC(=O)C(F)(F)F)OC(=O)N(C)[C@]1(C)CCCCC1=O. The minimum atomic E-state index is -5.13. The first-order valence-corrected chi connectivity index (χ1v) is 8.81. The maximum Gasteiger partial charge on any atom is 0.471 e. The third-order valence-corrected chi connectivity index (χ3v) is 4.59. The van der Waals surface area contributed by atoms with Gasteiger partial charge in [-0.25, -0.2) is 4.79 Å². The summed E-state index contributed by atoms with van der Waals surface area (Å²) in [5.74, 6) is -4.11. The molecule has 0 aliphatic heterocycles. The van der Waals surface area contributed by atoms with Crippen LogP contribution in [0.15, 0.2) is 0 Å². The average Bonchev–Trinajstić information content (AvgIpc) is 2.59. The summed E-state index contributed by atoms with van der Waals surface area (Å²) in [6.45, 7) is 3.71. The normalized spacial score (nSPS) is 21.1. The molecule has 0 radical (unpaired) electrons. The first kappa shape index (κ1) is 23.7. The van der Waals surface area contributed by atoms with Crippen LogP contribution in [0.1, 0.15) is 46.5 Å². The number of alkyl halides is 3. The van der Waals surface area contributed by atoms with Gasteiger partial charge < -0.3 is 14.8 Å². The smallest absolute Gasteiger partial charge is 0.423 e. The molecule has 1 aliphatic rings. The lowest BCUT2D eigenvalue weighted by atomic mass is 9.81. The molecule has 0 heterocycles. The molecule has 1 aliphatic carbocycles. The zero-order valence-corrected chi connectivity index (χ0v) is 16.2. The molecule has 1 saturated carbocycles. The number of amides is 2. The van der Waals surface area contributed by atoms with Crippen molar-refractivity contribution in [2.75, 3.05) is 13.6 Å². The van der Waals surface area contributed by atoms with E-state index in [9.17, 15) is 32.3 Å². The monoisotopic (exact) mass is 410 g/mol. The van der Waals surface area contributed by atoms with Crippen LogP contribution in [-0.2, 0) is 23.9 Å². The number of carbonyl (C=O) groups is 4. The summed E-state index contributed by atoms with van der Waals surface area (Å²) in [5, 5.41) is 1.37. The van der Waals surface area contributed by atoms with Crippen LogP contribution in [0.4, 0.5) is 18.0 Å². The van der Waals surface area contributed by atoms with E-state index >= 15 is 0 Å². The highest BCUT2D eigenvalue weighted by Gasteiger charge is 2.43. The molecule has 0 spiro atoms. The Hall–Kier alpha value is -2.33. The number of carbonyl (C=O) groups excluding carboxylic acids is 4. The van der Waals surface area contributed by atoms with E-state index in [-0.39, 0.29) is 5.78 Å². The van der Waals surface area contributed by atoms with Gasteiger partial charge in [0.2, 0.25) is 0 Å². The predicted molar refractivity (Wildman–Crippen MR) is 89.9 cm³/mol. The summed E-state index contributed by atoms with van der Waals surface area (Å²) in [6.07, 6.45) is -5.11. The molecule has 0 bridgehead atoms. The van der Waals surface area contributed by atoms with Gasteiger partial charge in [0.25, 0.3) is 6.29 Å². The van der Waals surface area contributed by atoms with Crippen molar-refractivity contribution in [3.63, 3.8) is 0 Å². The van der Waals surface area contributed by atoms with Gasteiger partial charge in [0.05, 0.1) is 0 Å². The number of hydrogen-bond acceptors (Lipinski definition) is 6. The van der Waals surface area contributed by atoms with Crippen molar-refractivity contribution in [2.45, 2.75) is 64.5 Å². The summed E-state index contributed by atoms with van der Waals surface area (Å²) in [4.78, 5) is 48.2. The van der Waals surface area contributed by atoms with Gasteiger partial charge in [0.15, 0.2) is 5.78 Å². The van der Waals surface area contributed by atoms with Crippen LogP contribution in [0, 0.1) is 5.92 Å². The van der Waals surface area contributed by atoms with E-state index in [1.54, 1.807) is 20.8 Å². The second-order valence-corrected chi connectivity index (χ2v) is 7.13. The topological polar surface area (TPSA) is 102 Å². The minimum Gasteiger partial charge on any atom is -0.423 e. The van der Waals surface area contributed by atoms with Crippen LogP contribution in [0.5, 0.6) is 0 Å². The Morgan fingerprint density at radius 2 is 1.82 bits per heavy atom. The summed E-state index contributed by atoms with van der Waals surface area (Å²) < 4.78 is 46.4. The fourth-order valence-electron chi connectivity index (χ4n) is 2.62. The molecule has 28 heavy (non-hydrogen) atoms. The molecular weight excluding hydrogens is 385 g/mol. The number of hydrogen-bond donors (Lipinski definition) is 1. The minimum absolute atomic E-state index is 0.105. The van der Waals surface area contributed by atoms with Crippen molar-refractivity contribution < 1.29 is 41.8 Å². The van der Waals surface area contributed by atoms with E-state index < -0.39 is 48.4 Å². The number of rotatable bonds is 6. The Morgan fingerprint density at radius 1 is 1.21 bits per heavy atom. The summed E-state index contributed by atoms with van der Waals surface area (Å²) in [7, 11) is 1.40. The van der Waals surface area contributed by atoms with E-state index in [0.717, 1.165) is 17.7 Å². The van der Waals surface area contributed by atoms with Gasteiger partial charge in [-0.1, -0.05) is 20.3 Å². The standard InChI is InChI=1S/C17H25F3N2O6/c1-10(2)13(27-12(24)9-21-14(25)17(18,19)20)28-15(26)22(4)16(3)8-6-5-7-11(16)23/h10,13H,5-9H2,1-4H3,(H,21,25)/t13?,16-/m1/s1. The number of likely N-dealkylation sites (N-methyl/N-ethyl adjacent to an activating group) is 1. The number of Topliss-reactive ketones (excluding diaryl/α,β-unsaturated/α-hetero) is 1. The molecule has 160 valence electrons. The van der Waals surface area contributed by atoms with Crippen molar-refractivity contribution in [2.24, 2.45) is 5.92 Å². The number of nitrogens with zero attached hydrogens (tertiary/aromatic N) is 1. The molecular formula is C17H25F3N2O6. The number of nitrogens with one attached hydrogen (secondary N) is 1. The zero-order chi connectivity index (χ0) is 21.7. The van der Waals surface area contributed by atoms with Crippen molar-refractivity contribution in [3.8, 4) is 0 Å². The summed E-state index contributed by atoms with van der Waals surface area (Å²) in [5.41, 5.74) is -1.04. The van der Waals surface area contributed by atoms with Gasteiger partial charge in [-0.3, -0.25) is 19.3 Å². The van der Waals surface area contributed by atoms with E-state index in [0.29, 0.717) is 12.8 Å². The molecule has 8 nitrogen and oxygen atoms in total. The van der Waals surface area contributed by atoms with Gasteiger partial charge in [-0.15, -0.1) is 0 Å². The van der Waals surface area contributed by atoms with Crippen molar-refractivity contribution in [1.29, 1.82) is 0 Å². The second-order valence-electron chi connectivity index (χ2n) is 7.13. The predicted octanol–water partition coefficient (Wildman–Crippen LogP) is 2.16. The molecule has 2 atom stereocenters. The van der Waals surface area contributed by atoms with Gasteiger partial charge in [0, 0.05) is 19.4 Å². The fraction of sp³-hybridized carbons (Fsp3) is 0.765. The van der Waals surface area contributed by atoms with Crippen molar-refractivity contribution in [1.82, 2.24) is 10.2 Å². The molecule has 1 fully saturated rings. The molecule has 2 amide bonds. The second kappa shape index (κ2) is 9.24. The van der Waals surface area contributed by atoms with Crippen LogP contribution in [-0.4, -0.2) is 60.3 Å². The first-order valence-electron chi connectivity index (χ1n) is 8.81. The van der Waals surface area contributed by atoms with Gasteiger partial charge in [0.1, 0.15) is 12.1 Å². The lowest BCUT2D eigenvalue weighted by Gasteiger charge is -2.40. The highest BCUT2D eigenvalue weighted by molar-refractivity contribution is 5.91. The zero-order valence-electron chi connectivity index (χ0n) is 16.2. The molecule has 0 saturated heterocycles. The number of ether oxygens (including phenoxy) is 2. The third-order valence-electron chi connectivity index (χ3n) is 4.59. The quantitative estimate of drug-likeness (QED) is 0.532. The largest absolute Gasteiger partial charge is 0.471 e. The molecule has 1 unspecified atom stereocenters. The lowest BCUT2D eigenvalue weighted by Crippen LogP contribution is -2.55. The molecule has 1 rings (SSSR count). The first-order chi connectivity index (χ1) is 12.8. The van der Waals surface area contributed by atoms with Gasteiger partial charge >= 0.3 is 24.1 Å². The Bertz CT molecular complexity index is 623. The number of halogens is 3. The Balaban J connectivity index is 2.68. The maximum absolute atomic E-state index is 12.4. The Morgan fingerprint density at radius 3 is 2.32 bits per heavy atom. The average molecular weight is 410 g/mol. The van der Waals surface area contributed by atoms with Crippen molar-refractivity contribution in [3.05, 3.63) is 0 Å². The molecule has 0 aromatic carbocycles. The lowest BCUT2D eigenvalue weighted by molar-refractivity contribution is -0.181. The van der Waals surface area contributed by atoms with Gasteiger partial charge in [-0.2, -0.15) is 13.2 Å². The van der Waals surface area contributed by atoms with Crippen molar-refractivity contribution >= 4 is 23.8 Å². The van der Waals surface area contributed by atoms with Crippen LogP contribution >= 0.6 is 0 Å². The van der Waals surface area contributed by atoms with E-state index in [4.69, 9.17) is 9.47 Å². The maximum atomic E-state index is 12.4. The summed E-state index contributed by atoms with van der Waals surface area (Å²) in [6, 6.07) is 0. The third kappa shape index (κ3) is 6.10.